The van der Waals surface area contributed by atoms with E-state index in [1.54, 1.807) is 38.2 Å². The van der Waals surface area contributed by atoms with Gasteiger partial charge in [0.2, 0.25) is 0 Å². The van der Waals surface area contributed by atoms with Gasteiger partial charge in [0.05, 0.1) is 14.2 Å². The summed E-state index contributed by atoms with van der Waals surface area (Å²) in [7, 11) is 3.20. The second-order valence-electron chi connectivity index (χ2n) is 8.23. The minimum Gasteiger partial charge on any atom is -0.493 e. The van der Waals surface area contributed by atoms with Crippen molar-refractivity contribution >= 4 is 23.3 Å². The Balaban J connectivity index is 1.46. The highest BCUT2D eigenvalue weighted by molar-refractivity contribution is 5.99. The zero-order valence-corrected chi connectivity index (χ0v) is 20.0. The van der Waals surface area contributed by atoms with E-state index in [-0.39, 0.29) is 11.9 Å². The van der Waals surface area contributed by atoms with Crippen molar-refractivity contribution in [2.24, 2.45) is 0 Å². The van der Waals surface area contributed by atoms with Gasteiger partial charge in [0, 0.05) is 30.0 Å². The molecule has 1 aliphatic rings. The van der Waals surface area contributed by atoms with Crippen molar-refractivity contribution in [1.82, 2.24) is 4.90 Å². The van der Waals surface area contributed by atoms with Crippen molar-refractivity contribution in [1.29, 1.82) is 0 Å². The predicted octanol–water partition coefficient (Wildman–Crippen LogP) is 4.70. The lowest BCUT2D eigenvalue weighted by atomic mass is 10.1. The van der Waals surface area contributed by atoms with Gasteiger partial charge in [0.1, 0.15) is 5.75 Å². The number of rotatable bonds is 7. The molecule has 0 fully saturated rings. The Labute approximate surface area is 204 Å². The van der Waals surface area contributed by atoms with Crippen LogP contribution in [0.2, 0.25) is 0 Å². The first kappa shape index (κ1) is 23.9. The summed E-state index contributed by atoms with van der Waals surface area (Å²) in [5.74, 6) is 1.86. The van der Waals surface area contributed by atoms with Gasteiger partial charge in [0.25, 0.3) is 5.91 Å². The van der Waals surface area contributed by atoms with Crippen molar-refractivity contribution in [3.63, 3.8) is 0 Å². The smallest absolute Gasteiger partial charge is 0.323 e. The first-order chi connectivity index (χ1) is 17.0. The lowest BCUT2D eigenvalue weighted by Gasteiger charge is -2.22. The number of amides is 3. The highest BCUT2D eigenvalue weighted by Crippen LogP contribution is 2.30. The maximum atomic E-state index is 13.0. The zero-order valence-electron chi connectivity index (χ0n) is 20.0. The number of nitrogens with one attached hydrogen (secondary N) is 2. The van der Waals surface area contributed by atoms with Gasteiger partial charge in [-0.2, -0.15) is 0 Å². The summed E-state index contributed by atoms with van der Waals surface area (Å²) < 4.78 is 16.6. The summed E-state index contributed by atoms with van der Waals surface area (Å²) in [6.07, 6.45) is 0.0350. The first-order valence-corrected chi connectivity index (χ1v) is 11.4. The van der Waals surface area contributed by atoms with E-state index in [0.29, 0.717) is 48.1 Å². The molecule has 1 heterocycles. The summed E-state index contributed by atoms with van der Waals surface area (Å²) in [6.45, 7) is 2.63. The maximum absolute atomic E-state index is 13.0. The molecule has 0 saturated carbocycles. The fourth-order valence-electron chi connectivity index (χ4n) is 3.98. The number of hydrogen-bond acceptors (Lipinski definition) is 5. The molecule has 0 aromatic heterocycles. The lowest BCUT2D eigenvalue weighted by molar-refractivity contribution is -0.137. The van der Waals surface area contributed by atoms with Gasteiger partial charge in [-0.25, -0.2) is 4.79 Å². The number of benzene rings is 3. The molecule has 0 radical (unpaired) electrons. The van der Waals surface area contributed by atoms with Crippen LogP contribution in [-0.4, -0.2) is 43.7 Å². The molecule has 182 valence electrons. The third-order valence-corrected chi connectivity index (χ3v) is 5.79. The lowest BCUT2D eigenvalue weighted by Crippen LogP contribution is -2.39. The minimum atomic E-state index is -0.609. The third kappa shape index (κ3) is 5.84. The number of hydrogen-bond donors (Lipinski definition) is 2. The molecule has 0 aliphatic carbocycles. The zero-order chi connectivity index (χ0) is 24.8. The van der Waals surface area contributed by atoms with Crippen LogP contribution in [0.3, 0.4) is 0 Å². The Kier molecular flexibility index (Phi) is 7.40. The standard InChI is InChI=1S/C27H29N3O5/c1-18-26(31)30(14-13-19-9-11-24(33-2)25(15-19)34-3)17-20-16-22(10-12-23(20)35-18)29-27(32)28-21-7-5-4-6-8-21/h4-12,15-16,18H,13-14,17H2,1-3H3,(H2,28,29,32). The molecule has 0 bridgehead atoms. The van der Waals surface area contributed by atoms with E-state index in [2.05, 4.69) is 10.6 Å². The number of ether oxygens (including phenoxy) is 3. The van der Waals surface area contributed by atoms with Crippen LogP contribution in [0.25, 0.3) is 0 Å². The molecule has 1 atom stereocenters. The molecule has 4 rings (SSSR count). The van der Waals surface area contributed by atoms with Gasteiger partial charge in [-0.05, 0) is 61.4 Å². The SMILES string of the molecule is COc1ccc(CCN2Cc3cc(NC(=O)Nc4ccccc4)ccc3OC(C)C2=O)cc1OC. The van der Waals surface area contributed by atoms with Gasteiger partial charge < -0.3 is 29.7 Å². The van der Waals surface area contributed by atoms with Crippen molar-refractivity contribution in [3.8, 4) is 17.2 Å². The van der Waals surface area contributed by atoms with E-state index >= 15 is 0 Å². The number of carbonyl (C=O) groups is 2. The molecule has 3 aromatic rings. The Morgan fingerprint density at radius 2 is 1.71 bits per heavy atom. The summed E-state index contributed by atoms with van der Waals surface area (Å²) in [5.41, 5.74) is 3.17. The highest BCUT2D eigenvalue weighted by Gasteiger charge is 2.28. The molecule has 0 saturated heterocycles. The van der Waals surface area contributed by atoms with Gasteiger partial charge in [0.15, 0.2) is 17.6 Å². The number of urea groups is 1. The maximum Gasteiger partial charge on any atom is 0.323 e. The van der Waals surface area contributed by atoms with Crippen LogP contribution >= 0.6 is 0 Å². The van der Waals surface area contributed by atoms with Gasteiger partial charge in [-0.15, -0.1) is 0 Å². The van der Waals surface area contributed by atoms with Gasteiger partial charge >= 0.3 is 6.03 Å². The van der Waals surface area contributed by atoms with E-state index in [1.807, 2.05) is 54.6 Å². The number of anilines is 2. The molecule has 1 unspecified atom stereocenters. The van der Waals surface area contributed by atoms with E-state index in [0.717, 1.165) is 11.1 Å². The molecule has 8 heteroatoms. The number of fused-ring (bicyclic) bond motifs is 1. The summed E-state index contributed by atoms with van der Waals surface area (Å²) >= 11 is 0. The first-order valence-electron chi connectivity index (χ1n) is 11.4. The fourth-order valence-corrected chi connectivity index (χ4v) is 3.98. The quantitative estimate of drug-likeness (QED) is 0.517. The molecule has 2 N–H and O–H groups in total. The van der Waals surface area contributed by atoms with Gasteiger partial charge in [-0.1, -0.05) is 24.3 Å². The number of methoxy groups -OCH3 is 2. The van der Waals surface area contributed by atoms with Gasteiger partial charge in [-0.3, -0.25) is 4.79 Å². The van der Waals surface area contributed by atoms with E-state index in [4.69, 9.17) is 14.2 Å². The Bertz CT molecular complexity index is 1200. The second-order valence-corrected chi connectivity index (χ2v) is 8.23. The van der Waals surface area contributed by atoms with Crippen molar-refractivity contribution in [3.05, 3.63) is 77.9 Å². The Morgan fingerprint density at radius 3 is 2.46 bits per heavy atom. The largest absolute Gasteiger partial charge is 0.493 e. The number of para-hydroxylation sites is 1. The summed E-state index contributed by atoms with van der Waals surface area (Å²) in [4.78, 5) is 27.2. The summed E-state index contributed by atoms with van der Waals surface area (Å²) in [5, 5.41) is 5.64. The predicted molar refractivity (Wildman–Crippen MR) is 134 cm³/mol. The molecule has 3 aromatic carbocycles. The van der Waals surface area contributed by atoms with Crippen molar-refractivity contribution in [2.75, 3.05) is 31.4 Å². The normalized spacial score (nSPS) is 14.9. The van der Waals surface area contributed by atoms with E-state index in [9.17, 15) is 9.59 Å². The molecule has 1 aliphatic heterocycles. The molecule has 0 spiro atoms. The third-order valence-electron chi connectivity index (χ3n) is 5.79. The van der Waals surface area contributed by atoms with E-state index in [1.165, 1.54) is 0 Å². The van der Waals surface area contributed by atoms with Crippen LogP contribution in [0.1, 0.15) is 18.1 Å². The molecular weight excluding hydrogens is 446 g/mol. The fraction of sp³-hybridized carbons (Fsp3) is 0.259. The molecule has 3 amide bonds. The number of nitrogens with zero attached hydrogens (tertiary/aromatic N) is 1. The monoisotopic (exact) mass is 475 g/mol. The highest BCUT2D eigenvalue weighted by atomic mass is 16.5. The van der Waals surface area contributed by atoms with Crippen LogP contribution in [0.4, 0.5) is 16.2 Å². The molecule has 8 nitrogen and oxygen atoms in total. The van der Waals surface area contributed by atoms with E-state index < -0.39 is 6.10 Å². The average molecular weight is 476 g/mol. The average Bonchev–Trinajstić information content (AvgIpc) is 2.98. The minimum absolute atomic E-state index is 0.0852. The van der Waals surface area contributed by atoms with Crippen LogP contribution in [-0.2, 0) is 17.8 Å². The topological polar surface area (TPSA) is 89.1 Å². The molecule has 35 heavy (non-hydrogen) atoms. The summed E-state index contributed by atoms with van der Waals surface area (Å²) in [6, 6.07) is 20.0. The van der Waals surface area contributed by atoms with Crippen LogP contribution in [0.5, 0.6) is 17.2 Å². The van der Waals surface area contributed by atoms with Crippen molar-refractivity contribution in [2.45, 2.75) is 26.0 Å². The Morgan fingerprint density at radius 1 is 0.971 bits per heavy atom. The molecular formula is C27H29N3O5. The second kappa shape index (κ2) is 10.8. The van der Waals surface area contributed by atoms with Crippen molar-refractivity contribution < 1.29 is 23.8 Å². The number of carbonyl (C=O) groups excluding carboxylic acids is 2. The van der Waals surface area contributed by atoms with Crippen LogP contribution < -0.4 is 24.8 Å². The van der Waals surface area contributed by atoms with Crippen LogP contribution in [0.15, 0.2) is 66.7 Å². The Hall–Kier alpha value is -4.20. The van der Waals surface area contributed by atoms with Crippen LogP contribution in [0, 0.1) is 0 Å².